The average molecular weight is 378 g/mol. The summed E-state index contributed by atoms with van der Waals surface area (Å²) in [5.74, 6) is -0.0423. The Balaban J connectivity index is 1.76. The van der Waals surface area contributed by atoms with Gasteiger partial charge in [0.15, 0.2) is 0 Å². The van der Waals surface area contributed by atoms with E-state index in [0.717, 1.165) is 12.8 Å². The van der Waals surface area contributed by atoms with Gasteiger partial charge in [-0.25, -0.2) is 9.37 Å². The van der Waals surface area contributed by atoms with Crippen LogP contribution in [0.4, 0.5) is 10.1 Å². The highest BCUT2D eigenvalue weighted by molar-refractivity contribution is 5.93. The number of nitrogens with two attached hydrogens (primary N) is 1. The van der Waals surface area contributed by atoms with Crippen LogP contribution < -0.4 is 20.7 Å². The van der Waals surface area contributed by atoms with Crippen LogP contribution in [-0.4, -0.2) is 47.7 Å². The fourth-order valence-corrected chi connectivity index (χ4v) is 3.16. The van der Waals surface area contributed by atoms with Crippen molar-refractivity contribution in [3.8, 4) is 5.88 Å². The van der Waals surface area contributed by atoms with Crippen molar-refractivity contribution in [3.05, 3.63) is 17.8 Å². The van der Waals surface area contributed by atoms with E-state index >= 15 is 0 Å². The zero-order chi connectivity index (χ0) is 19.8. The van der Waals surface area contributed by atoms with Crippen LogP contribution in [0.2, 0.25) is 0 Å². The number of halogens is 1. The smallest absolute Gasteiger partial charge is 0.270 e. The second-order valence-corrected chi connectivity index (χ2v) is 8.53. The monoisotopic (exact) mass is 378 g/mol. The van der Waals surface area contributed by atoms with Crippen LogP contribution in [-0.2, 0) is 4.79 Å². The van der Waals surface area contributed by atoms with Gasteiger partial charge in [-0.3, -0.25) is 9.59 Å². The predicted molar refractivity (Wildman–Crippen MR) is 99.5 cm³/mol. The van der Waals surface area contributed by atoms with Crippen molar-refractivity contribution in [2.75, 3.05) is 24.6 Å². The van der Waals surface area contributed by atoms with E-state index < -0.39 is 23.0 Å². The number of primary amides is 1. The van der Waals surface area contributed by atoms with Gasteiger partial charge in [-0.2, -0.15) is 0 Å². The lowest BCUT2D eigenvalue weighted by Crippen LogP contribution is -2.57. The summed E-state index contributed by atoms with van der Waals surface area (Å²) in [6, 6.07) is 3.32. The zero-order valence-electron chi connectivity index (χ0n) is 16.0. The highest BCUT2D eigenvalue weighted by Gasteiger charge is 2.40. The molecule has 1 saturated heterocycles. The SMILES string of the molecule is CC1(F)CN(c2ccc(C(=O)NC(C)(C)CC(N)=O)nc2OCC2CC2)C1. The van der Waals surface area contributed by atoms with Crippen molar-refractivity contribution in [1.82, 2.24) is 10.3 Å². The summed E-state index contributed by atoms with van der Waals surface area (Å²) in [4.78, 5) is 29.9. The van der Waals surface area contributed by atoms with Crippen LogP contribution >= 0.6 is 0 Å². The minimum Gasteiger partial charge on any atom is -0.476 e. The summed E-state index contributed by atoms with van der Waals surface area (Å²) in [7, 11) is 0. The first-order valence-corrected chi connectivity index (χ1v) is 9.23. The first-order chi connectivity index (χ1) is 12.5. The third-order valence-electron chi connectivity index (χ3n) is 4.68. The molecule has 0 unspecified atom stereocenters. The molecule has 3 rings (SSSR count). The molecule has 2 fully saturated rings. The molecule has 2 amide bonds. The number of hydrogen-bond acceptors (Lipinski definition) is 5. The van der Waals surface area contributed by atoms with Gasteiger partial charge >= 0.3 is 0 Å². The molecule has 1 aromatic rings. The summed E-state index contributed by atoms with van der Waals surface area (Å²) in [5, 5.41) is 2.77. The molecule has 2 aliphatic rings. The predicted octanol–water partition coefficient (Wildman–Crippen LogP) is 1.80. The zero-order valence-corrected chi connectivity index (χ0v) is 16.0. The van der Waals surface area contributed by atoms with Crippen LogP contribution in [0.15, 0.2) is 12.1 Å². The topological polar surface area (TPSA) is 97.6 Å². The molecule has 2 heterocycles. The van der Waals surface area contributed by atoms with E-state index in [0.29, 0.717) is 24.1 Å². The number of rotatable bonds is 8. The number of carbonyl (C=O) groups excluding carboxylic acids is 2. The van der Waals surface area contributed by atoms with E-state index in [4.69, 9.17) is 10.5 Å². The van der Waals surface area contributed by atoms with Crippen molar-refractivity contribution < 1.29 is 18.7 Å². The third-order valence-corrected chi connectivity index (χ3v) is 4.68. The number of pyridine rings is 1. The van der Waals surface area contributed by atoms with Crippen molar-refractivity contribution in [2.24, 2.45) is 11.7 Å². The Morgan fingerprint density at radius 2 is 2.07 bits per heavy atom. The molecule has 1 saturated carbocycles. The largest absolute Gasteiger partial charge is 0.476 e. The lowest BCUT2D eigenvalue weighted by molar-refractivity contribution is -0.119. The molecule has 0 aromatic carbocycles. The molecule has 0 spiro atoms. The molecule has 1 aliphatic heterocycles. The van der Waals surface area contributed by atoms with Crippen LogP contribution in [0.3, 0.4) is 0 Å². The van der Waals surface area contributed by atoms with Crippen molar-refractivity contribution in [1.29, 1.82) is 0 Å². The Labute approximate surface area is 158 Å². The number of amides is 2. The second-order valence-electron chi connectivity index (χ2n) is 8.53. The highest BCUT2D eigenvalue weighted by atomic mass is 19.1. The van der Waals surface area contributed by atoms with Gasteiger partial charge in [0, 0.05) is 12.0 Å². The summed E-state index contributed by atoms with van der Waals surface area (Å²) in [6.45, 7) is 6.08. The first kappa shape index (κ1) is 19.4. The molecular formula is C19H27FN4O3. The maximum absolute atomic E-state index is 13.9. The van der Waals surface area contributed by atoms with E-state index in [1.807, 2.05) is 4.90 Å². The Morgan fingerprint density at radius 1 is 1.41 bits per heavy atom. The standard InChI is InChI=1S/C19H27FN4O3/c1-18(2,8-15(21)25)23-16(26)13-6-7-14(24-10-19(3,20)11-24)17(22-13)27-9-12-4-5-12/h6-7,12H,4-5,8-11H2,1-3H3,(H2,21,25)(H,23,26). The minimum absolute atomic E-state index is 0.0186. The molecule has 148 valence electrons. The molecule has 27 heavy (non-hydrogen) atoms. The lowest BCUT2D eigenvalue weighted by atomic mass is 9.98. The molecular weight excluding hydrogens is 351 g/mol. The van der Waals surface area contributed by atoms with E-state index in [2.05, 4.69) is 10.3 Å². The number of aromatic nitrogens is 1. The molecule has 0 bridgehead atoms. The van der Waals surface area contributed by atoms with Crippen LogP contribution in [0, 0.1) is 5.92 Å². The molecule has 3 N–H and O–H groups in total. The summed E-state index contributed by atoms with van der Waals surface area (Å²) in [6.07, 6.45) is 2.27. The first-order valence-electron chi connectivity index (χ1n) is 9.23. The molecule has 7 nitrogen and oxygen atoms in total. The van der Waals surface area contributed by atoms with Gasteiger partial charge in [0.1, 0.15) is 17.1 Å². The third kappa shape index (κ3) is 5.08. The van der Waals surface area contributed by atoms with Gasteiger partial charge in [0.25, 0.3) is 5.91 Å². The molecule has 1 aromatic heterocycles. The maximum Gasteiger partial charge on any atom is 0.270 e. The lowest BCUT2D eigenvalue weighted by Gasteiger charge is -2.44. The number of alkyl halides is 1. The number of nitrogens with zero attached hydrogens (tertiary/aromatic N) is 2. The summed E-state index contributed by atoms with van der Waals surface area (Å²) < 4.78 is 19.7. The average Bonchev–Trinajstić information content (AvgIpc) is 3.32. The van der Waals surface area contributed by atoms with Gasteiger partial charge in [0.2, 0.25) is 11.8 Å². The summed E-state index contributed by atoms with van der Waals surface area (Å²) >= 11 is 0. The van der Waals surface area contributed by atoms with E-state index in [1.54, 1.807) is 32.9 Å². The van der Waals surface area contributed by atoms with E-state index in [1.165, 1.54) is 0 Å². The van der Waals surface area contributed by atoms with Crippen LogP contribution in [0.25, 0.3) is 0 Å². The Bertz CT molecular complexity index is 738. The van der Waals surface area contributed by atoms with Gasteiger partial charge in [-0.15, -0.1) is 0 Å². The Morgan fingerprint density at radius 3 is 2.63 bits per heavy atom. The van der Waals surface area contributed by atoms with Crippen molar-refractivity contribution >= 4 is 17.5 Å². The number of carbonyl (C=O) groups is 2. The number of nitrogens with one attached hydrogen (secondary N) is 1. The molecule has 0 radical (unpaired) electrons. The molecule has 8 heteroatoms. The fraction of sp³-hybridized carbons (Fsp3) is 0.632. The van der Waals surface area contributed by atoms with Gasteiger partial charge < -0.3 is 20.7 Å². The van der Waals surface area contributed by atoms with Crippen LogP contribution in [0.5, 0.6) is 5.88 Å². The summed E-state index contributed by atoms with van der Waals surface area (Å²) in [5.41, 5.74) is 4.10. The van der Waals surface area contributed by atoms with E-state index in [9.17, 15) is 14.0 Å². The van der Waals surface area contributed by atoms with Crippen molar-refractivity contribution in [3.63, 3.8) is 0 Å². The van der Waals surface area contributed by atoms with Crippen molar-refractivity contribution in [2.45, 2.75) is 51.2 Å². The van der Waals surface area contributed by atoms with Gasteiger partial charge in [-0.05, 0) is 51.7 Å². The second kappa shape index (κ2) is 6.98. The number of ether oxygens (including phenoxy) is 1. The van der Waals surface area contributed by atoms with E-state index in [-0.39, 0.29) is 25.2 Å². The maximum atomic E-state index is 13.9. The van der Waals surface area contributed by atoms with Crippen LogP contribution in [0.1, 0.15) is 50.5 Å². The Kier molecular flexibility index (Phi) is 5.01. The van der Waals surface area contributed by atoms with Gasteiger partial charge in [-0.1, -0.05) is 0 Å². The quantitative estimate of drug-likeness (QED) is 0.719. The Hall–Kier alpha value is -2.38. The molecule has 0 atom stereocenters. The molecule has 1 aliphatic carbocycles. The highest BCUT2D eigenvalue weighted by Crippen LogP contribution is 2.37. The number of anilines is 1. The number of hydrogen-bond donors (Lipinski definition) is 2. The van der Waals surface area contributed by atoms with Gasteiger partial charge in [0.05, 0.1) is 19.7 Å². The minimum atomic E-state index is -1.22. The normalized spacial score (nSPS) is 18.6. The fourth-order valence-electron chi connectivity index (χ4n) is 3.16.